The summed E-state index contributed by atoms with van der Waals surface area (Å²) in [6.45, 7) is 6.25. The molecule has 0 radical (unpaired) electrons. The molecule has 0 spiro atoms. The lowest BCUT2D eigenvalue weighted by Crippen LogP contribution is -2.47. The van der Waals surface area contributed by atoms with E-state index in [2.05, 4.69) is 9.97 Å². The fourth-order valence-electron chi connectivity index (χ4n) is 5.92. The van der Waals surface area contributed by atoms with Gasteiger partial charge in [0.25, 0.3) is 0 Å². The first-order chi connectivity index (χ1) is 20.8. The van der Waals surface area contributed by atoms with E-state index in [0.717, 1.165) is 22.9 Å². The molecular formula is C33H37F3N4O4. The van der Waals surface area contributed by atoms with Crippen molar-refractivity contribution < 1.29 is 32.2 Å². The van der Waals surface area contributed by atoms with E-state index >= 15 is 0 Å². The monoisotopic (exact) mass is 610 g/mol. The number of anilines is 2. The fraction of sp³-hybridized carbons (Fsp3) is 0.455. The van der Waals surface area contributed by atoms with Gasteiger partial charge >= 0.3 is 12.1 Å². The number of halogens is 3. The van der Waals surface area contributed by atoms with Crippen molar-refractivity contribution in [2.24, 2.45) is 11.8 Å². The van der Waals surface area contributed by atoms with Gasteiger partial charge < -0.3 is 20.1 Å². The summed E-state index contributed by atoms with van der Waals surface area (Å²) in [6.07, 6.45) is 0.860. The third kappa shape index (κ3) is 7.56. The lowest BCUT2D eigenvalue weighted by molar-refractivity contribution is -0.181. The van der Waals surface area contributed by atoms with Crippen LogP contribution in [0, 0.1) is 11.8 Å². The summed E-state index contributed by atoms with van der Waals surface area (Å²) in [5.41, 5.74) is 9.53. The molecule has 0 saturated carbocycles. The number of fused-ring (bicyclic) bond motifs is 1. The van der Waals surface area contributed by atoms with Gasteiger partial charge in [-0.15, -0.1) is 0 Å². The van der Waals surface area contributed by atoms with Gasteiger partial charge in [0, 0.05) is 48.5 Å². The molecule has 0 bridgehead atoms. The highest BCUT2D eigenvalue weighted by atomic mass is 19.4. The number of alkyl halides is 3. The minimum Gasteiger partial charge on any atom is -0.460 e. The SMILES string of the molecule is CC(C)(C)OC(=O)C[C@H]1C[C@@H](C(F)(F)F)CN(c2ccncc2CC(=O)c2nc3cc(C4=CCOCC4)ccc3cc2N)C1. The summed E-state index contributed by atoms with van der Waals surface area (Å²) in [5, 5.41) is 0.792. The summed E-state index contributed by atoms with van der Waals surface area (Å²) < 4.78 is 52.9. The average molecular weight is 611 g/mol. The molecule has 0 amide bonds. The van der Waals surface area contributed by atoms with Crippen LogP contribution in [0.1, 0.15) is 61.6 Å². The molecule has 2 N–H and O–H groups in total. The van der Waals surface area contributed by atoms with Gasteiger partial charge in [-0.05, 0) is 68.9 Å². The predicted molar refractivity (Wildman–Crippen MR) is 162 cm³/mol. The Hall–Kier alpha value is -3.99. The molecule has 1 fully saturated rings. The number of carbonyl (C=O) groups excluding carboxylic acids is 2. The molecule has 8 nitrogen and oxygen atoms in total. The Balaban J connectivity index is 1.40. The van der Waals surface area contributed by atoms with Crippen LogP contribution in [0.25, 0.3) is 16.5 Å². The number of nitrogen functional groups attached to an aromatic ring is 1. The standard InChI is InChI=1S/C33H37F3N4O4/c1-32(2,3)44-30(42)13-20-12-25(33(34,35)36)19-40(18-20)28-6-9-38-17-24(28)16-29(41)31-26(37)14-23-5-4-22(15-27(23)39-31)21-7-10-43-11-8-21/h4-7,9,14-15,17,20,25H,8,10-13,16,18-19,37H2,1-3H3/t20-,25-/m1/s1. The van der Waals surface area contributed by atoms with Gasteiger partial charge in [-0.3, -0.25) is 14.6 Å². The molecule has 2 aliphatic rings. The number of pyridine rings is 2. The zero-order valence-electron chi connectivity index (χ0n) is 25.1. The summed E-state index contributed by atoms with van der Waals surface area (Å²) in [7, 11) is 0. The van der Waals surface area contributed by atoms with Crippen molar-refractivity contribution in [2.45, 2.75) is 58.2 Å². The van der Waals surface area contributed by atoms with Crippen LogP contribution in [-0.4, -0.2) is 59.8 Å². The van der Waals surface area contributed by atoms with Crippen molar-refractivity contribution in [1.29, 1.82) is 0 Å². The van der Waals surface area contributed by atoms with Gasteiger partial charge in [0.15, 0.2) is 5.78 Å². The minimum absolute atomic E-state index is 0.0972. The van der Waals surface area contributed by atoms with Crippen molar-refractivity contribution in [3.8, 4) is 0 Å². The molecule has 0 aliphatic carbocycles. The molecule has 3 aromatic rings. The zero-order valence-corrected chi connectivity index (χ0v) is 25.1. The molecule has 234 valence electrons. The molecule has 1 aromatic carbocycles. The number of carbonyl (C=O) groups is 2. The van der Waals surface area contributed by atoms with E-state index in [9.17, 15) is 22.8 Å². The topological polar surface area (TPSA) is 108 Å². The van der Waals surface area contributed by atoms with Crippen molar-refractivity contribution in [3.05, 3.63) is 65.6 Å². The number of ketones is 1. The second-order valence-electron chi connectivity index (χ2n) is 12.5. The first-order valence-corrected chi connectivity index (χ1v) is 14.7. The van der Waals surface area contributed by atoms with Crippen molar-refractivity contribution in [3.63, 3.8) is 0 Å². The highest BCUT2D eigenvalue weighted by Crippen LogP contribution is 2.39. The third-order valence-electron chi connectivity index (χ3n) is 7.89. The van der Waals surface area contributed by atoms with Crippen LogP contribution in [0.3, 0.4) is 0 Å². The van der Waals surface area contributed by atoms with E-state index in [4.69, 9.17) is 15.2 Å². The third-order valence-corrected chi connectivity index (χ3v) is 7.89. The quantitative estimate of drug-likeness (QED) is 0.250. The lowest BCUT2D eigenvalue weighted by Gasteiger charge is -2.40. The van der Waals surface area contributed by atoms with Crippen LogP contribution >= 0.6 is 0 Å². The number of nitrogens with zero attached hydrogens (tertiary/aromatic N) is 3. The van der Waals surface area contributed by atoms with Crippen molar-refractivity contribution in [2.75, 3.05) is 36.9 Å². The van der Waals surface area contributed by atoms with Gasteiger partial charge in [0.1, 0.15) is 11.3 Å². The summed E-state index contributed by atoms with van der Waals surface area (Å²) in [5.74, 6) is -3.13. The number of hydrogen-bond acceptors (Lipinski definition) is 8. The number of Topliss-reactive ketones (excluding diaryl/α,β-unsaturated/α-hetero) is 1. The van der Waals surface area contributed by atoms with E-state index in [1.807, 2.05) is 24.3 Å². The Kier molecular flexibility index (Phi) is 8.97. The van der Waals surface area contributed by atoms with Crippen LogP contribution in [0.5, 0.6) is 0 Å². The van der Waals surface area contributed by atoms with Gasteiger partial charge in [-0.1, -0.05) is 18.2 Å². The number of nitrogens with two attached hydrogens (primary N) is 1. The van der Waals surface area contributed by atoms with E-state index in [-0.39, 0.29) is 49.5 Å². The van der Waals surface area contributed by atoms with Gasteiger partial charge in [-0.2, -0.15) is 13.2 Å². The van der Waals surface area contributed by atoms with Crippen LogP contribution in [0.15, 0.2) is 48.8 Å². The number of hydrogen-bond donors (Lipinski definition) is 1. The Morgan fingerprint density at radius 2 is 1.93 bits per heavy atom. The first-order valence-electron chi connectivity index (χ1n) is 14.7. The van der Waals surface area contributed by atoms with Crippen LogP contribution < -0.4 is 10.6 Å². The number of aromatic nitrogens is 2. The Labute approximate surface area is 254 Å². The molecule has 0 unspecified atom stereocenters. The molecule has 5 rings (SSSR count). The minimum atomic E-state index is -4.45. The van der Waals surface area contributed by atoms with Gasteiger partial charge in [0.05, 0.1) is 36.8 Å². The smallest absolute Gasteiger partial charge is 0.393 e. The highest BCUT2D eigenvalue weighted by Gasteiger charge is 2.45. The molecule has 44 heavy (non-hydrogen) atoms. The highest BCUT2D eigenvalue weighted by molar-refractivity contribution is 6.03. The van der Waals surface area contributed by atoms with Crippen molar-refractivity contribution in [1.82, 2.24) is 9.97 Å². The van der Waals surface area contributed by atoms with E-state index < -0.39 is 29.6 Å². The van der Waals surface area contributed by atoms with Crippen LogP contribution in [0.4, 0.5) is 24.5 Å². The number of ether oxygens (including phenoxy) is 2. The zero-order chi connectivity index (χ0) is 31.6. The summed E-state index contributed by atoms with van der Waals surface area (Å²) >= 11 is 0. The summed E-state index contributed by atoms with van der Waals surface area (Å²) in [4.78, 5) is 36.5. The fourth-order valence-corrected chi connectivity index (χ4v) is 5.92. The number of rotatable bonds is 7. The van der Waals surface area contributed by atoms with Gasteiger partial charge in [-0.25, -0.2) is 4.98 Å². The van der Waals surface area contributed by atoms with Crippen molar-refractivity contribution >= 4 is 39.6 Å². The second-order valence-corrected chi connectivity index (χ2v) is 12.5. The van der Waals surface area contributed by atoms with Crippen LogP contribution in [0.2, 0.25) is 0 Å². The summed E-state index contributed by atoms with van der Waals surface area (Å²) in [6, 6.07) is 9.15. The Morgan fingerprint density at radius 3 is 2.64 bits per heavy atom. The molecule has 11 heteroatoms. The number of benzene rings is 1. The average Bonchev–Trinajstić information content (AvgIpc) is 2.95. The first kappa shape index (κ1) is 31.4. The predicted octanol–water partition coefficient (Wildman–Crippen LogP) is 6.18. The number of esters is 1. The normalized spacial score (nSPS) is 19.5. The molecule has 2 aromatic heterocycles. The lowest BCUT2D eigenvalue weighted by atomic mass is 9.86. The molecule has 2 atom stereocenters. The maximum atomic E-state index is 14.0. The molecule has 1 saturated heterocycles. The molecule has 4 heterocycles. The van der Waals surface area contributed by atoms with Crippen LogP contribution in [-0.2, 0) is 20.7 Å². The van der Waals surface area contributed by atoms with E-state index in [1.165, 1.54) is 12.4 Å². The maximum absolute atomic E-state index is 14.0. The van der Waals surface area contributed by atoms with E-state index in [0.29, 0.717) is 30.0 Å². The Morgan fingerprint density at radius 1 is 1.14 bits per heavy atom. The molecule has 2 aliphatic heterocycles. The largest absolute Gasteiger partial charge is 0.460 e. The maximum Gasteiger partial charge on any atom is 0.393 e. The van der Waals surface area contributed by atoms with Gasteiger partial charge in [0.2, 0.25) is 0 Å². The molecular weight excluding hydrogens is 573 g/mol. The number of piperidine rings is 1. The Bertz CT molecular complexity index is 1580. The second kappa shape index (κ2) is 12.6. The van der Waals surface area contributed by atoms with E-state index in [1.54, 1.807) is 37.8 Å².